The van der Waals surface area contributed by atoms with E-state index in [1.54, 1.807) is 0 Å². The normalized spacial score (nSPS) is 21.3. The zero-order valence-electron chi connectivity index (χ0n) is 18.3. The number of hydrogen-bond donors (Lipinski definition) is 0. The van der Waals surface area contributed by atoms with E-state index in [0.29, 0.717) is 0 Å². The summed E-state index contributed by atoms with van der Waals surface area (Å²) in [6.45, 7) is 17.5. The van der Waals surface area contributed by atoms with Crippen LogP contribution in [0.3, 0.4) is 0 Å². The summed E-state index contributed by atoms with van der Waals surface area (Å²) in [5.74, 6) is 0. The molecule has 0 N–H and O–H groups in total. The lowest BCUT2D eigenvalue weighted by atomic mass is 9.97. The number of likely N-dealkylation sites (N-methyl/N-ethyl adjacent to an activating group) is 1. The van der Waals surface area contributed by atoms with Crippen molar-refractivity contribution in [2.45, 2.75) is 52.7 Å². The van der Waals surface area contributed by atoms with E-state index in [1.807, 2.05) is 0 Å². The summed E-state index contributed by atoms with van der Waals surface area (Å²) in [6.07, 6.45) is 2.62. The predicted octanol–water partition coefficient (Wildman–Crippen LogP) is 2.97. The standard InChI is InChI=1S/C23H40N4/c1-6-26-9-7-23(8-10-26)25(5)17-21-16-22(20(3)15-19(21)2)18-27-13-11-24(4)12-14-27/h15-16,23H,6-14,17-18H2,1-5H3. The van der Waals surface area contributed by atoms with E-state index >= 15 is 0 Å². The van der Waals surface area contributed by atoms with E-state index in [9.17, 15) is 0 Å². The molecule has 152 valence electrons. The number of nitrogens with zero attached hydrogens (tertiary/aromatic N) is 4. The maximum absolute atomic E-state index is 2.62. The summed E-state index contributed by atoms with van der Waals surface area (Å²) in [6, 6.07) is 5.64. The molecule has 0 amide bonds. The number of likely N-dealkylation sites (tertiary alicyclic amines) is 1. The first-order valence-electron chi connectivity index (χ1n) is 10.9. The van der Waals surface area contributed by atoms with Gasteiger partial charge in [0, 0.05) is 45.3 Å². The molecule has 0 saturated carbocycles. The molecule has 1 aromatic carbocycles. The van der Waals surface area contributed by atoms with Gasteiger partial charge in [-0.25, -0.2) is 0 Å². The summed E-state index contributed by atoms with van der Waals surface area (Å²) in [5, 5.41) is 0. The van der Waals surface area contributed by atoms with Crippen molar-refractivity contribution in [1.29, 1.82) is 0 Å². The van der Waals surface area contributed by atoms with Gasteiger partial charge in [-0.05, 0) is 82.7 Å². The highest BCUT2D eigenvalue weighted by atomic mass is 15.2. The van der Waals surface area contributed by atoms with Crippen LogP contribution in [0.25, 0.3) is 0 Å². The van der Waals surface area contributed by atoms with E-state index < -0.39 is 0 Å². The van der Waals surface area contributed by atoms with E-state index in [2.05, 4.69) is 66.6 Å². The molecule has 0 spiro atoms. The van der Waals surface area contributed by atoms with Gasteiger partial charge >= 0.3 is 0 Å². The summed E-state index contributed by atoms with van der Waals surface area (Å²) < 4.78 is 0. The molecule has 2 aliphatic rings. The monoisotopic (exact) mass is 372 g/mol. The quantitative estimate of drug-likeness (QED) is 0.761. The first-order chi connectivity index (χ1) is 13.0. The van der Waals surface area contributed by atoms with Gasteiger partial charge in [0.25, 0.3) is 0 Å². The van der Waals surface area contributed by atoms with E-state index in [0.717, 1.165) is 19.1 Å². The van der Waals surface area contributed by atoms with Gasteiger partial charge in [-0.15, -0.1) is 0 Å². The van der Waals surface area contributed by atoms with Crippen molar-refractivity contribution in [2.24, 2.45) is 0 Å². The van der Waals surface area contributed by atoms with E-state index in [1.165, 1.54) is 80.9 Å². The number of rotatable bonds is 6. The van der Waals surface area contributed by atoms with Crippen molar-refractivity contribution in [3.63, 3.8) is 0 Å². The third kappa shape index (κ3) is 5.54. The van der Waals surface area contributed by atoms with E-state index in [-0.39, 0.29) is 0 Å². The van der Waals surface area contributed by atoms with Gasteiger partial charge in [-0.2, -0.15) is 0 Å². The van der Waals surface area contributed by atoms with Crippen LogP contribution in [0.2, 0.25) is 0 Å². The SMILES string of the molecule is CCN1CCC(N(C)Cc2cc(CN3CCN(C)CC3)c(C)cc2C)CC1. The Balaban J connectivity index is 1.63. The van der Waals surface area contributed by atoms with Gasteiger partial charge in [0.1, 0.15) is 0 Å². The highest BCUT2D eigenvalue weighted by Crippen LogP contribution is 2.22. The van der Waals surface area contributed by atoms with Gasteiger partial charge in [0.2, 0.25) is 0 Å². The molecular weight excluding hydrogens is 332 g/mol. The molecule has 1 aromatic rings. The van der Waals surface area contributed by atoms with Gasteiger partial charge in [0.05, 0.1) is 0 Å². The van der Waals surface area contributed by atoms with Crippen LogP contribution in [0.5, 0.6) is 0 Å². The van der Waals surface area contributed by atoms with E-state index in [4.69, 9.17) is 0 Å². The molecule has 4 nitrogen and oxygen atoms in total. The van der Waals surface area contributed by atoms with Gasteiger partial charge in [-0.3, -0.25) is 9.80 Å². The Morgan fingerprint density at radius 1 is 0.889 bits per heavy atom. The highest BCUT2D eigenvalue weighted by molar-refractivity contribution is 5.37. The number of piperazine rings is 1. The largest absolute Gasteiger partial charge is 0.304 e. The van der Waals surface area contributed by atoms with Gasteiger partial charge < -0.3 is 9.80 Å². The van der Waals surface area contributed by atoms with Crippen LogP contribution in [0.4, 0.5) is 0 Å². The summed E-state index contributed by atoms with van der Waals surface area (Å²) in [5.41, 5.74) is 5.95. The lowest BCUT2D eigenvalue weighted by Crippen LogP contribution is -2.44. The number of benzene rings is 1. The van der Waals surface area contributed by atoms with Crippen LogP contribution in [-0.4, -0.2) is 85.6 Å². The average Bonchev–Trinajstić information content (AvgIpc) is 2.67. The Hall–Kier alpha value is -0.940. The van der Waals surface area contributed by atoms with Crippen LogP contribution in [-0.2, 0) is 13.1 Å². The lowest BCUT2D eigenvalue weighted by Gasteiger charge is -2.36. The average molecular weight is 373 g/mol. The Labute approximate surface area is 167 Å². The Morgan fingerprint density at radius 3 is 2.15 bits per heavy atom. The molecule has 2 fully saturated rings. The Bertz CT molecular complexity index is 599. The molecule has 2 aliphatic heterocycles. The second-order valence-corrected chi connectivity index (χ2v) is 8.87. The molecule has 2 heterocycles. The lowest BCUT2D eigenvalue weighted by molar-refractivity contribution is 0.127. The number of aryl methyl sites for hydroxylation is 2. The summed E-state index contributed by atoms with van der Waals surface area (Å²) in [7, 11) is 4.55. The first-order valence-corrected chi connectivity index (χ1v) is 10.9. The van der Waals surface area contributed by atoms with Crippen LogP contribution in [0.15, 0.2) is 12.1 Å². The smallest absolute Gasteiger partial charge is 0.0237 e. The fourth-order valence-electron chi connectivity index (χ4n) is 4.61. The second kappa shape index (κ2) is 9.51. The Morgan fingerprint density at radius 2 is 1.52 bits per heavy atom. The fraction of sp³-hybridized carbons (Fsp3) is 0.739. The molecule has 0 atom stereocenters. The summed E-state index contributed by atoms with van der Waals surface area (Å²) in [4.78, 5) is 10.2. The molecule has 0 aromatic heterocycles. The Kier molecular flexibility index (Phi) is 7.32. The molecule has 0 bridgehead atoms. The third-order valence-electron chi connectivity index (χ3n) is 6.83. The van der Waals surface area contributed by atoms with Crippen molar-refractivity contribution in [3.05, 3.63) is 34.4 Å². The molecular formula is C23H40N4. The zero-order valence-corrected chi connectivity index (χ0v) is 18.3. The number of hydrogen-bond acceptors (Lipinski definition) is 4. The fourth-order valence-corrected chi connectivity index (χ4v) is 4.61. The van der Waals surface area contributed by atoms with Crippen molar-refractivity contribution in [2.75, 3.05) is 59.9 Å². The maximum Gasteiger partial charge on any atom is 0.0237 e. The molecule has 27 heavy (non-hydrogen) atoms. The minimum absolute atomic E-state index is 0.731. The maximum atomic E-state index is 2.62. The van der Waals surface area contributed by atoms with Crippen LogP contribution >= 0.6 is 0 Å². The minimum atomic E-state index is 0.731. The van der Waals surface area contributed by atoms with Crippen LogP contribution < -0.4 is 0 Å². The minimum Gasteiger partial charge on any atom is -0.304 e. The second-order valence-electron chi connectivity index (χ2n) is 8.87. The van der Waals surface area contributed by atoms with Crippen molar-refractivity contribution in [1.82, 2.24) is 19.6 Å². The zero-order chi connectivity index (χ0) is 19.4. The van der Waals surface area contributed by atoms with Crippen molar-refractivity contribution < 1.29 is 0 Å². The topological polar surface area (TPSA) is 13.0 Å². The van der Waals surface area contributed by atoms with Crippen molar-refractivity contribution >= 4 is 0 Å². The highest BCUT2D eigenvalue weighted by Gasteiger charge is 2.22. The first kappa shape index (κ1) is 20.8. The predicted molar refractivity (Wildman–Crippen MR) is 115 cm³/mol. The molecule has 3 rings (SSSR count). The van der Waals surface area contributed by atoms with Gasteiger partial charge in [0.15, 0.2) is 0 Å². The van der Waals surface area contributed by atoms with Crippen molar-refractivity contribution in [3.8, 4) is 0 Å². The third-order valence-corrected chi connectivity index (χ3v) is 6.83. The number of piperidine rings is 1. The molecule has 0 aliphatic carbocycles. The molecule has 0 radical (unpaired) electrons. The molecule has 0 unspecified atom stereocenters. The van der Waals surface area contributed by atoms with Crippen LogP contribution in [0.1, 0.15) is 42.0 Å². The van der Waals surface area contributed by atoms with Crippen LogP contribution in [0, 0.1) is 13.8 Å². The summed E-state index contributed by atoms with van der Waals surface area (Å²) >= 11 is 0. The van der Waals surface area contributed by atoms with Gasteiger partial charge in [-0.1, -0.05) is 19.1 Å². The molecule has 4 heteroatoms. The molecule has 2 saturated heterocycles.